The molecule has 0 unspecified atom stereocenters. The minimum atomic E-state index is -1.50. The van der Waals surface area contributed by atoms with Crippen molar-refractivity contribution in [1.82, 2.24) is 10.6 Å². The maximum atomic E-state index is 13.0. The minimum Gasteiger partial charge on any atom is -0.481 e. The van der Waals surface area contributed by atoms with Crippen LogP contribution < -0.4 is 10.6 Å². The second-order valence-corrected chi connectivity index (χ2v) is 7.46. The van der Waals surface area contributed by atoms with Crippen molar-refractivity contribution in [3.63, 3.8) is 0 Å². The molecule has 180 valence electrons. The van der Waals surface area contributed by atoms with E-state index in [0.29, 0.717) is 16.7 Å². The Morgan fingerprint density at radius 1 is 0.765 bits per heavy atom. The van der Waals surface area contributed by atoms with Crippen LogP contribution >= 0.6 is 0 Å². The minimum absolute atomic E-state index is 0.0574. The Morgan fingerprint density at radius 2 is 1.29 bits per heavy atom. The molecule has 34 heavy (non-hydrogen) atoms. The van der Waals surface area contributed by atoms with Gasteiger partial charge in [-0.1, -0.05) is 24.3 Å². The van der Waals surface area contributed by atoms with Crippen LogP contribution in [0.1, 0.15) is 34.3 Å². The molecule has 0 saturated heterocycles. The molecule has 2 amide bonds. The molecular formula is C23H23FN2O8. The van der Waals surface area contributed by atoms with Gasteiger partial charge in [0.1, 0.15) is 17.9 Å². The van der Waals surface area contributed by atoms with Gasteiger partial charge in [0.25, 0.3) is 0 Å². The van der Waals surface area contributed by atoms with Crippen LogP contribution in [-0.2, 0) is 27.2 Å². The first-order valence-corrected chi connectivity index (χ1v) is 10.2. The second kappa shape index (κ2) is 12.1. The molecule has 10 nitrogen and oxygen atoms in total. The highest BCUT2D eigenvalue weighted by Gasteiger charge is 2.25. The molecule has 11 heteroatoms. The van der Waals surface area contributed by atoms with Crippen molar-refractivity contribution in [3.8, 4) is 0 Å². The van der Waals surface area contributed by atoms with E-state index < -0.39 is 48.3 Å². The van der Waals surface area contributed by atoms with E-state index in [0.717, 1.165) is 0 Å². The number of benzene rings is 2. The van der Waals surface area contributed by atoms with Gasteiger partial charge in [0.05, 0.1) is 0 Å². The van der Waals surface area contributed by atoms with Gasteiger partial charge in [0.15, 0.2) is 5.78 Å². The van der Waals surface area contributed by atoms with Crippen LogP contribution in [0.2, 0.25) is 0 Å². The average molecular weight is 474 g/mol. The van der Waals surface area contributed by atoms with Crippen LogP contribution in [0.5, 0.6) is 0 Å². The summed E-state index contributed by atoms with van der Waals surface area (Å²) >= 11 is 0. The number of nitrogens with one attached hydrogen (secondary N) is 2. The fourth-order valence-electron chi connectivity index (χ4n) is 3.04. The smallest absolute Gasteiger partial charge is 0.326 e. The molecule has 2 aromatic carbocycles. The van der Waals surface area contributed by atoms with E-state index in [4.69, 9.17) is 10.2 Å². The fraction of sp³-hybridized carbons (Fsp3) is 0.261. The molecule has 0 bridgehead atoms. The summed E-state index contributed by atoms with van der Waals surface area (Å²) in [5.41, 5.74) is 1.54. The largest absolute Gasteiger partial charge is 0.481 e. The highest BCUT2D eigenvalue weighted by atomic mass is 19.1. The summed E-state index contributed by atoms with van der Waals surface area (Å²) in [7, 11) is 0. The van der Waals surface area contributed by atoms with E-state index >= 15 is 0 Å². The highest BCUT2D eigenvalue weighted by molar-refractivity contribution is 5.97. The normalized spacial score (nSPS) is 12.3. The van der Waals surface area contributed by atoms with E-state index in [1.54, 1.807) is 24.3 Å². The van der Waals surface area contributed by atoms with E-state index in [2.05, 4.69) is 10.6 Å². The number of Topliss-reactive ketones (excluding diaryl/α,β-unsaturated/α-hetero) is 1. The summed E-state index contributed by atoms with van der Waals surface area (Å²) in [5.74, 6) is -4.71. The van der Waals surface area contributed by atoms with Gasteiger partial charge in [-0.05, 0) is 41.8 Å². The lowest BCUT2D eigenvalue weighted by molar-refractivity contribution is -0.140. The third-order valence-corrected chi connectivity index (χ3v) is 4.85. The molecule has 0 spiro atoms. The molecule has 0 saturated carbocycles. The maximum absolute atomic E-state index is 13.0. The SMILES string of the molecule is O=C(O)CC[C@H](NC(=O)N[C@@H](Cc1ccc(CC(=O)c2ccc(F)cc2)cc1)C(=O)O)C(=O)O. The molecule has 0 aliphatic heterocycles. The predicted molar refractivity (Wildman–Crippen MR) is 116 cm³/mol. The summed E-state index contributed by atoms with van der Waals surface area (Å²) in [6.07, 6.45) is -0.923. The molecular weight excluding hydrogens is 451 g/mol. The highest BCUT2D eigenvalue weighted by Crippen LogP contribution is 2.12. The van der Waals surface area contributed by atoms with Crippen molar-refractivity contribution in [2.45, 2.75) is 37.8 Å². The molecule has 0 aromatic heterocycles. The number of carbonyl (C=O) groups excluding carboxylic acids is 2. The van der Waals surface area contributed by atoms with Gasteiger partial charge in [-0.3, -0.25) is 9.59 Å². The Labute approximate surface area is 193 Å². The lowest BCUT2D eigenvalue weighted by Crippen LogP contribution is -2.51. The van der Waals surface area contributed by atoms with Crippen molar-refractivity contribution in [1.29, 1.82) is 0 Å². The van der Waals surface area contributed by atoms with Gasteiger partial charge in [-0.15, -0.1) is 0 Å². The van der Waals surface area contributed by atoms with Crippen LogP contribution in [0.3, 0.4) is 0 Å². The van der Waals surface area contributed by atoms with Gasteiger partial charge >= 0.3 is 23.9 Å². The van der Waals surface area contributed by atoms with E-state index in [1.165, 1.54) is 24.3 Å². The fourth-order valence-corrected chi connectivity index (χ4v) is 3.04. The van der Waals surface area contributed by atoms with Gasteiger partial charge in [-0.25, -0.2) is 18.8 Å². The van der Waals surface area contributed by atoms with E-state index in [9.17, 15) is 33.5 Å². The molecule has 0 heterocycles. The number of carbonyl (C=O) groups is 5. The zero-order valence-electron chi connectivity index (χ0n) is 17.9. The van der Waals surface area contributed by atoms with Crippen molar-refractivity contribution in [2.24, 2.45) is 0 Å². The van der Waals surface area contributed by atoms with Crippen LogP contribution in [0.25, 0.3) is 0 Å². The number of amides is 2. The van der Waals surface area contributed by atoms with Crippen molar-refractivity contribution in [3.05, 3.63) is 71.0 Å². The van der Waals surface area contributed by atoms with Crippen molar-refractivity contribution >= 4 is 29.7 Å². The van der Waals surface area contributed by atoms with Gasteiger partial charge in [-0.2, -0.15) is 0 Å². The van der Waals surface area contributed by atoms with Crippen LogP contribution in [-0.4, -0.2) is 57.1 Å². The van der Waals surface area contributed by atoms with E-state index in [-0.39, 0.29) is 25.0 Å². The molecule has 5 N–H and O–H groups in total. The number of hydrogen-bond donors (Lipinski definition) is 5. The van der Waals surface area contributed by atoms with Crippen LogP contribution in [0.15, 0.2) is 48.5 Å². The quantitative estimate of drug-likeness (QED) is 0.290. The number of rotatable bonds is 12. The molecule has 0 aliphatic carbocycles. The second-order valence-electron chi connectivity index (χ2n) is 7.46. The van der Waals surface area contributed by atoms with Crippen LogP contribution in [0, 0.1) is 5.82 Å². The number of carboxylic acid groups (broad SMARTS) is 3. The Balaban J connectivity index is 1.96. The Bertz CT molecular complexity index is 1050. The zero-order valence-corrected chi connectivity index (χ0v) is 17.9. The molecule has 2 aromatic rings. The van der Waals surface area contributed by atoms with Crippen LogP contribution in [0.4, 0.5) is 9.18 Å². The number of ketones is 1. The van der Waals surface area contributed by atoms with Crippen molar-refractivity contribution in [2.75, 3.05) is 0 Å². The summed E-state index contributed by atoms with van der Waals surface area (Å²) < 4.78 is 13.0. The first kappa shape index (κ1) is 26.0. The maximum Gasteiger partial charge on any atom is 0.326 e. The molecule has 0 fully saturated rings. The predicted octanol–water partition coefficient (Wildman–Crippen LogP) is 1.86. The average Bonchev–Trinajstić information content (AvgIpc) is 2.77. The summed E-state index contributed by atoms with van der Waals surface area (Å²) in [6, 6.07) is 7.64. The van der Waals surface area contributed by atoms with Gasteiger partial charge in [0.2, 0.25) is 0 Å². The summed E-state index contributed by atoms with van der Waals surface area (Å²) in [5, 5.41) is 31.4. The Kier molecular flexibility index (Phi) is 9.24. The Morgan fingerprint density at radius 3 is 1.82 bits per heavy atom. The Hall–Kier alpha value is -4.28. The monoisotopic (exact) mass is 474 g/mol. The third kappa shape index (κ3) is 8.34. The van der Waals surface area contributed by atoms with Crippen molar-refractivity contribution < 1.29 is 43.7 Å². The first-order valence-electron chi connectivity index (χ1n) is 10.2. The number of urea groups is 1. The number of hydrogen-bond acceptors (Lipinski definition) is 5. The third-order valence-electron chi connectivity index (χ3n) is 4.85. The number of halogens is 1. The van der Waals surface area contributed by atoms with Gasteiger partial charge < -0.3 is 26.0 Å². The van der Waals surface area contributed by atoms with E-state index in [1.807, 2.05) is 0 Å². The summed E-state index contributed by atoms with van der Waals surface area (Å²) in [6.45, 7) is 0. The summed E-state index contributed by atoms with van der Waals surface area (Å²) in [4.78, 5) is 57.7. The lowest BCUT2D eigenvalue weighted by atomic mass is 10.00. The molecule has 0 aliphatic rings. The zero-order chi connectivity index (χ0) is 25.3. The number of carboxylic acids is 3. The lowest BCUT2D eigenvalue weighted by Gasteiger charge is -2.18. The van der Waals surface area contributed by atoms with Gasteiger partial charge in [0, 0.05) is 24.8 Å². The molecule has 0 radical (unpaired) electrons. The standard InChI is InChI=1S/C23H23FN2O8/c24-16-7-5-15(6-8-16)19(27)12-14-3-1-13(2-4-14)11-18(22(32)33)26-23(34)25-17(21(30)31)9-10-20(28)29/h1-8,17-18H,9-12H2,(H,28,29)(H,30,31)(H,32,33)(H2,25,26,34)/t17-,18-/m0/s1. The molecule has 2 atom stereocenters. The molecule has 2 rings (SSSR count). The first-order chi connectivity index (χ1) is 16.0. The topological polar surface area (TPSA) is 170 Å². The number of aliphatic carboxylic acids is 3.